The van der Waals surface area contributed by atoms with Gasteiger partial charge in [0, 0.05) is 17.8 Å². The number of nitrogens with zero attached hydrogens (tertiary/aromatic N) is 4. The van der Waals surface area contributed by atoms with Crippen molar-refractivity contribution in [1.82, 2.24) is 25.5 Å². The Morgan fingerprint density at radius 3 is 2.88 bits per heavy atom. The van der Waals surface area contributed by atoms with Crippen LogP contribution < -0.4 is 5.32 Å². The Balaban J connectivity index is 2.37. The fourth-order valence-corrected chi connectivity index (χ4v) is 2.05. The highest BCUT2D eigenvalue weighted by Gasteiger charge is 2.10. The summed E-state index contributed by atoms with van der Waals surface area (Å²) in [6.45, 7) is 11.8. The van der Waals surface area contributed by atoms with Crippen molar-refractivity contribution in [2.45, 2.75) is 44.4 Å². The van der Waals surface area contributed by atoms with Crippen molar-refractivity contribution in [2.24, 2.45) is 0 Å². The summed E-state index contributed by atoms with van der Waals surface area (Å²) < 4.78 is 1.84. The van der Waals surface area contributed by atoms with E-state index in [2.05, 4.69) is 48.2 Å². The molecule has 5 nitrogen and oxygen atoms in total. The van der Waals surface area contributed by atoms with Gasteiger partial charge in [0.25, 0.3) is 0 Å². The molecule has 1 aromatic rings. The van der Waals surface area contributed by atoms with Gasteiger partial charge in [0.1, 0.15) is 0 Å². The zero-order chi connectivity index (χ0) is 12.7. The molecule has 6 heteroatoms. The van der Waals surface area contributed by atoms with Crippen LogP contribution >= 0.6 is 11.8 Å². The Bertz CT molecular complexity index is 342. The van der Waals surface area contributed by atoms with Crippen LogP contribution in [-0.2, 0) is 6.54 Å². The van der Waals surface area contributed by atoms with Gasteiger partial charge in [-0.2, -0.15) is 0 Å². The second-order valence-corrected chi connectivity index (χ2v) is 5.85. The van der Waals surface area contributed by atoms with Crippen molar-refractivity contribution in [3.05, 3.63) is 12.7 Å². The summed E-state index contributed by atoms with van der Waals surface area (Å²) >= 11 is 1.66. The quantitative estimate of drug-likeness (QED) is 0.457. The molecule has 0 saturated heterocycles. The van der Waals surface area contributed by atoms with Crippen LogP contribution in [0.3, 0.4) is 0 Å². The predicted octanol–water partition coefficient (Wildman–Crippen LogP) is 1.73. The summed E-state index contributed by atoms with van der Waals surface area (Å²) in [7, 11) is 0. The first kappa shape index (κ1) is 14.2. The van der Waals surface area contributed by atoms with Crippen LogP contribution in [0, 0.1) is 0 Å². The molecule has 0 aliphatic carbocycles. The normalized spacial score (nSPS) is 11.7. The van der Waals surface area contributed by atoms with Crippen molar-refractivity contribution in [1.29, 1.82) is 0 Å². The molecule has 1 rings (SSSR count). The van der Waals surface area contributed by atoms with Gasteiger partial charge in [0.2, 0.25) is 5.16 Å². The van der Waals surface area contributed by atoms with Gasteiger partial charge in [-0.15, -0.1) is 11.7 Å². The molecule has 1 N–H and O–H groups in total. The van der Waals surface area contributed by atoms with E-state index in [0.29, 0.717) is 0 Å². The van der Waals surface area contributed by atoms with E-state index in [-0.39, 0.29) is 5.54 Å². The van der Waals surface area contributed by atoms with Crippen molar-refractivity contribution >= 4 is 11.8 Å². The molecular formula is C11H21N5S. The zero-order valence-electron chi connectivity index (χ0n) is 10.8. The monoisotopic (exact) mass is 255 g/mol. The Morgan fingerprint density at radius 1 is 1.47 bits per heavy atom. The van der Waals surface area contributed by atoms with Crippen LogP contribution in [0.15, 0.2) is 17.8 Å². The first-order valence-electron chi connectivity index (χ1n) is 5.78. The van der Waals surface area contributed by atoms with Crippen molar-refractivity contribution in [2.75, 3.05) is 12.3 Å². The first-order chi connectivity index (χ1) is 8.03. The van der Waals surface area contributed by atoms with Gasteiger partial charge in [0.05, 0.1) is 6.54 Å². The molecule has 96 valence electrons. The minimum atomic E-state index is 0.129. The fourth-order valence-electron chi connectivity index (χ4n) is 1.21. The number of aromatic nitrogens is 4. The molecule has 0 aromatic carbocycles. The number of tetrazole rings is 1. The Labute approximate surface area is 107 Å². The lowest BCUT2D eigenvalue weighted by Crippen LogP contribution is -2.38. The highest BCUT2D eigenvalue weighted by molar-refractivity contribution is 7.99. The third kappa shape index (κ3) is 5.83. The van der Waals surface area contributed by atoms with Gasteiger partial charge in [-0.1, -0.05) is 17.8 Å². The summed E-state index contributed by atoms with van der Waals surface area (Å²) in [5, 5.41) is 16.0. The van der Waals surface area contributed by atoms with Crippen molar-refractivity contribution in [3.8, 4) is 0 Å². The average molecular weight is 255 g/mol. The van der Waals surface area contributed by atoms with Crippen LogP contribution in [0.4, 0.5) is 0 Å². The molecule has 17 heavy (non-hydrogen) atoms. The van der Waals surface area contributed by atoms with Gasteiger partial charge in [-0.3, -0.25) is 0 Å². The number of allylic oxidation sites excluding steroid dienone is 1. The number of nitrogens with one attached hydrogen (secondary N) is 1. The average Bonchev–Trinajstić information content (AvgIpc) is 2.64. The molecule has 0 aliphatic heterocycles. The van der Waals surface area contributed by atoms with Gasteiger partial charge >= 0.3 is 0 Å². The molecule has 0 saturated carbocycles. The van der Waals surface area contributed by atoms with E-state index < -0.39 is 0 Å². The summed E-state index contributed by atoms with van der Waals surface area (Å²) in [6, 6.07) is 0. The van der Waals surface area contributed by atoms with Crippen LogP contribution in [0.25, 0.3) is 0 Å². The molecule has 0 atom stereocenters. The maximum atomic E-state index is 4.01. The zero-order valence-corrected chi connectivity index (χ0v) is 11.6. The van der Waals surface area contributed by atoms with E-state index in [4.69, 9.17) is 0 Å². The van der Waals surface area contributed by atoms with E-state index in [1.807, 2.05) is 10.8 Å². The standard InChI is InChI=1S/C11H21N5S/c1-5-6-9-17-10-13-14-15-16(10)8-7-12-11(2,3)4/h5,12H,1,6-9H2,2-4H3. The van der Waals surface area contributed by atoms with E-state index >= 15 is 0 Å². The maximum absolute atomic E-state index is 4.01. The topological polar surface area (TPSA) is 55.6 Å². The Kier molecular flexibility index (Phi) is 5.64. The molecule has 1 aromatic heterocycles. The lowest BCUT2D eigenvalue weighted by Gasteiger charge is -2.20. The molecule has 0 bridgehead atoms. The SMILES string of the molecule is C=CCCSc1nnnn1CCNC(C)(C)C. The summed E-state index contributed by atoms with van der Waals surface area (Å²) in [6.07, 6.45) is 2.88. The lowest BCUT2D eigenvalue weighted by atomic mass is 10.1. The number of thioether (sulfide) groups is 1. The fraction of sp³-hybridized carbons (Fsp3) is 0.727. The highest BCUT2D eigenvalue weighted by Crippen LogP contribution is 2.14. The second-order valence-electron chi connectivity index (χ2n) is 4.79. The number of rotatable bonds is 7. The van der Waals surface area contributed by atoms with E-state index in [9.17, 15) is 0 Å². The highest BCUT2D eigenvalue weighted by atomic mass is 32.2. The largest absolute Gasteiger partial charge is 0.310 e. The molecule has 0 radical (unpaired) electrons. The van der Waals surface area contributed by atoms with Gasteiger partial charge in [-0.05, 0) is 37.6 Å². The molecular weight excluding hydrogens is 234 g/mol. The molecule has 0 fully saturated rings. The van der Waals surface area contributed by atoms with Crippen LogP contribution in [0.5, 0.6) is 0 Å². The van der Waals surface area contributed by atoms with Crippen molar-refractivity contribution < 1.29 is 0 Å². The minimum absolute atomic E-state index is 0.129. The molecule has 1 heterocycles. The van der Waals surface area contributed by atoms with Crippen LogP contribution in [-0.4, -0.2) is 38.0 Å². The minimum Gasteiger partial charge on any atom is -0.310 e. The predicted molar refractivity (Wildman–Crippen MR) is 71.1 cm³/mol. The lowest BCUT2D eigenvalue weighted by molar-refractivity contribution is 0.396. The number of hydrogen-bond donors (Lipinski definition) is 1. The molecule has 0 spiro atoms. The first-order valence-corrected chi connectivity index (χ1v) is 6.76. The third-order valence-electron chi connectivity index (χ3n) is 2.03. The van der Waals surface area contributed by atoms with Gasteiger partial charge < -0.3 is 5.32 Å². The van der Waals surface area contributed by atoms with Crippen LogP contribution in [0.2, 0.25) is 0 Å². The summed E-state index contributed by atoms with van der Waals surface area (Å²) in [4.78, 5) is 0. The van der Waals surface area contributed by atoms with E-state index in [1.54, 1.807) is 11.8 Å². The molecule has 0 unspecified atom stereocenters. The van der Waals surface area contributed by atoms with Gasteiger partial charge in [-0.25, -0.2) is 4.68 Å². The maximum Gasteiger partial charge on any atom is 0.209 e. The molecule has 0 aliphatic rings. The summed E-state index contributed by atoms with van der Waals surface area (Å²) in [5.41, 5.74) is 0.129. The molecule has 0 amide bonds. The smallest absolute Gasteiger partial charge is 0.209 e. The van der Waals surface area contributed by atoms with Gasteiger partial charge in [0.15, 0.2) is 0 Å². The Hall–Kier alpha value is -0.880. The van der Waals surface area contributed by atoms with Crippen LogP contribution in [0.1, 0.15) is 27.2 Å². The Morgan fingerprint density at radius 2 is 2.24 bits per heavy atom. The second kappa shape index (κ2) is 6.76. The van der Waals surface area contributed by atoms with Crippen molar-refractivity contribution in [3.63, 3.8) is 0 Å². The third-order valence-corrected chi connectivity index (χ3v) is 3.02. The van der Waals surface area contributed by atoms with E-state index in [0.717, 1.165) is 30.4 Å². The number of hydrogen-bond acceptors (Lipinski definition) is 5. The summed E-state index contributed by atoms with van der Waals surface area (Å²) in [5.74, 6) is 0.969. The van der Waals surface area contributed by atoms with E-state index in [1.165, 1.54) is 0 Å².